The maximum absolute atomic E-state index is 13.7. The Balaban J connectivity index is 0.00000600. The number of carbonyl (C=O) groups excluding carboxylic acids is 4. The monoisotopic (exact) mass is 718 g/mol. The minimum Gasteiger partial charge on any atom is -0.483 e. The van der Waals surface area contributed by atoms with Gasteiger partial charge in [-0.25, -0.2) is 0 Å². The molecular formula is C33H41N5O6S2V. The van der Waals surface area contributed by atoms with Gasteiger partial charge in [0.2, 0.25) is 11.8 Å². The third-order valence-electron chi connectivity index (χ3n) is 7.21. The van der Waals surface area contributed by atoms with Crippen LogP contribution in [0.1, 0.15) is 26.3 Å². The van der Waals surface area contributed by atoms with Crippen LogP contribution in [0, 0.1) is 0 Å². The van der Waals surface area contributed by atoms with Gasteiger partial charge in [-0.05, 0) is 51.1 Å². The summed E-state index contributed by atoms with van der Waals surface area (Å²) in [6.45, 7) is 5.25. The molecule has 0 aliphatic carbocycles. The number of hydrogen-bond acceptors (Lipinski definition) is 9. The molecule has 2 aromatic carbocycles. The summed E-state index contributed by atoms with van der Waals surface area (Å²) < 4.78 is 5.78. The molecule has 1 saturated heterocycles. The van der Waals surface area contributed by atoms with Crippen molar-refractivity contribution >= 4 is 57.9 Å². The fourth-order valence-electron chi connectivity index (χ4n) is 5.01. The van der Waals surface area contributed by atoms with Crippen LogP contribution in [0.5, 0.6) is 5.75 Å². The van der Waals surface area contributed by atoms with Gasteiger partial charge in [0.1, 0.15) is 17.8 Å². The standard InChI is InChI=1S/C33H41N5O6S2.V/c1-33(2,3)37-31(42)26-19-46-20-38(26)32(43)29(40)24(15-21-9-6-5-7-10-21)36-30(41)25(18-45-4)35-28(39)17-44-27-12-8-11-22-16-34-14-13-23(22)27;/h5-14,16,24-26,29,40H,15,17-20H2,1-4H3,(H,35,39)(H,36,41)(H,37,42);/t24-,25-,26-,29-;/m0./s1. The number of aliphatic hydroxyl groups is 1. The number of nitrogens with one attached hydrogen (secondary N) is 3. The fourth-order valence-corrected chi connectivity index (χ4v) is 6.74. The van der Waals surface area contributed by atoms with Crippen LogP contribution in [0.3, 0.4) is 0 Å². The zero-order valence-corrected chi connectivity index (χ0v) is 29.9. The number of fused-ring (bicyclic) bond motifs is 1. The van der Waals surface area contributed by atoms with Crippen molar-refractivity contribution in [3.05, 3.63) is 72.6 Å². The molecule has 4 rings (SSSR count). The van der Waals surface area contributed by atoms with E-state index in [0.717, 1.165) is 16.3 Å². The molecule has 4 amide bonds. The van der Waals surface area contributed by atoms with E-state index < -0.39 is 47.5 Å². The Hall–Kier alpha value is -3.23. The number of carbonyl (C=O) groups is 4. The molecule has 0 bridgehead atoms. The zero-order chi connectivity index (χ0) is 33.3. The second kappa shape index (κ2) is 17.8. The van der Waals surface area contributed by atoms with E-state index in [1.54, 1.807) is 36.8 Å². The summed E-state index contributed by atoms with van der Waals surface area (Å²) in [6, 6.07) is 13.7. The van der Waals surface area contributed by atoms with Gasteiger partial charge in [-0.15, -0.1) is 11.8 Å². The number of ether oxygens (including phenoxy) is 1. The third-order valence-corrected chi connectivity index (χ3v) is 8.89. The molecule has 4 atom stereocenters. The molecule has 1 radical (unpaired) electrons. The van der Waals surface area contributed by atoms with Gasteiger partial charge >= 0.3 is 0 Å². The van der Waals surface area contributed by atoms with Gasteiger partial charge in [-0.2, -0.15) is 11.8 Å². The Morgan fingerprint density at radius 2 is 1.83 bits per heavy atom. The van der Waals surface area contributed by atoms with Crippen LogP contribution in [0.15, 0.2) is 67.0 Å². The number of hydrogen-bond donors (Lipinski definition) is 4. The second-order valence-corrected chi connectivity index (χ2v) is 13.9. The Labute approximate surface area is 295 Å². The zero-order valence-electron chi connectivity index (χ0n) is 26.8. The van der Waals surface area contributed by atoms with Gasteiger partial charge < -0.3 is 30.7 Å². The Morgan fingerprint density at radius 1 is 1.09 bits per heavy atom. The summed E-state index contributed by atoms with van der Waals surface area (Å²) in [5, 5.41) is 21.5. The van der Waals surface area contributed by atoms with Crippen LogP contribution in [0.25, 0.3) is 10.8 Å². The van der Waals surface area contributed by atoms with Gasteiger partial charge in [0.05, 0.1) is 11.9 Å². The van der Waals surface area contributed by atoms with E-state index >= 15 is 0 Å². The van der Waals surface area contributed by atoms with Gasteiger partial charge in [-0.1, -0.05) is 42.5 Å². The van der Waals surface area contributed by atoms with Gasteiger partial charge in [0.15, 0.2) is 12.7 Å². The minimum atomic E-state index is -1.64. The first-order valence-corrected chi connectivity index (χ1v) is 17.5. The van der Waals surface area contributed by atoms with E-state index in [4.69, 9.17) is 4.74 Å². The molecule has 0 unspecified atom stereocenters. The van der Waals surface area contributed by atoms with E-state index in [2.05, 4.69) is 20.9 Å². The number of amides is 4. The normalized spacial score (nSPS) is 16.4. The quantitative estimate of drug-likeness (QED) is 0.209. The summed E-state index contributed by atoms with van der Waals surface area (Å²) in [5.41, 5.74) is 0.303. The molecule has 1 aromatic heterocycles. The molecule has 0 spiro atoms. The summed E-state index contributed by atoms with van der Waals surface area (Å²) in [7, 11) is 0. The third kappa shape index (κ3) is 10.9. The van der Waals surface area contributed by atoms with Crippen molar-refractivity contribution < 1.29 is 47.6 Å². The van der Waals surface area contributed by atoms with E-state index in [9.17, 15) is 24.3 Å². The second-order valence-electron chi connectivity index (χ2n) is 12.0. The molecule has 14 heteroatoms. The molecule has 1 aliphatic rings. The summed E-state index contributed by atoms with van der Waals surface area (Å²) in [5.74, 6) is -0.602. The summed E-state index contributed by atoms with van der Waals surface area (Å²) in [4.78, 5) is 58.7. The number of pyridine rings is 1. The number of nitrogens with zero attached hydrogens (tertiary/aromatic N) is 2. The van der Waals surface area contributed by atoms with E-state index in [1.807, 2.05) is 57.2 Å². The number of aliphatic hydroxyl groups excluding tert-OH is 1. The van der Waals surface area contributed by atoms with Crippen molar-refractivity contribution in [2.75, 3.05) is 30.2 Å². The van der Waals surface area contributed by atoms with Crippen LogP contribution in [-0.4, -0.2) is 98.6 Å². The average molecular weight is 719 g/mol. The SMILES string of the molecule is CSC[C@H](NC(=O)COc1cccc2cnccc12)C(=O)N[C@@H](Cc1ccccc1)[C@H](O)C(=O)N1CSC[C@H]1C(=O)NC(C)(C)C.[V]. The number of thioether (sulfide) groups is 2. The molecular weight excluding hydrogens is 677 g/mol. The molecule has 11 nitrogen and oxygen atoms in total. The Bertz CT molecular complexity index is 1520. The summed E-state index contributed by atoms with van der Waals surface area (Å²) in [6.07, 6.45) is 3.67. The topological polar surface area (TPSA) is 150 Å². The van der Waals surface area contributed by atoms with Crippen molar-refractivity contribution in [3.8, 4) is 5.75 Å². The molecule has 47 heavy (non-hydrogen) atoms. The molecule has 3 aromatic rings. The first kappa shape index (κ1) is 38.2. The number of benzene rings is 2. The van der Waals surface area contributed by atoms with Crippen molar-refractivity contribution in [2.24, 2.45) is 0 Å². The number of aromatic nitrogens is 1. The average Bonchev–Trinajstić information content (AvgIpc) is 3.53. The van der Waals surface area contributed by atoms with Crippen LogP contribution in [0.4, 0.5) is 0 Å². The summed E-state index contributed by atoms with van der Waals surface area (Å²) >= 11 is 2.78. The van der Waals surface area contributed by atoms with Crippen molar-refractivity contribution in [2.45, 2.75) is 57.0 Å². The maximum Gasteiger partial charge on any atom is 0.258 e. The van der Waals surface area contributed by atoms with Crippen molar-refractivity contribution in [1.82, 2.24) is 25.8 Å². The van der Waals surface area contributed by atoms with Crippen LogP contribution < -0.4 is 20.7 Å². The smallest absolute Gasteiger partial charge is 0.258 e. The molecule has 251 valence electrons. The molecule has 4 N–H and O–H groups in total. The molecule has 2 heterocycles. The predicted molar refractivity (Wildman–Crippen MR) is 181 cm³/mol. The fraction of sp³-hybridized carbons (Fsp3) is 0.424. The van der Waals surface area contributed by atoms with E-state index in [0.29, 0.717) is 11.5 Å². The van der Waals surface area contributed by atoms with E-state index in [1.165, 1.54) is 28.4 Å². The molecule has 0 saturated carbocycles. The van der Waals surface area contributed by atoms with E-state index in [-0.39, 0.29) is 49.1 Å². The van der Waals surface area contributed by atoms with Crippen LogP contribution in [0.2, 0.25) is 0 Å². The number of rotatable bonds is 13. The first-order chi connectivity index (χ1) is 22.0. The van der Waals surface area contributed by atoms with Gasteiger partial charge in [0.25, 0.3) is 11.8 Å². The maximum atomic E-state index is 13.7. The van der Waals surface area contributed by atoms with Crippen molar-refractivity contribution in [1.29, 1.82) is 0 Å². The molecule has 1 fully saturated rings. The van der Waals surface area contributed by atoms with Crippen LogP contribution >= 0.6 is 23.5 Å². The van der Waals surface area contributed by atoms with Gasteiger partial charge in [-0.3, -0.25) is 24.2 Å². The van der Waals surface area contributed by atoms with Crippen LogP contribution in [-0.2, 0) is 44.2 Å². The largest absolute Gasteiger partial charge is 0.483 e. The first-order valence-electron chi connectivity index (χ1n) is 14.9. The predicted octanol–water partition coefficient (Wildman–Crippen LogP) is 2.36. The Kier molecular flexibility index (Phi) is 14.5. The minimum absolute atomic E-state index is 0. The van der Waals surface area contributed by atoms with Crippen molar-refractivity contribution in [3.63, 3.8) is 0 Å². The Morgan fingerprint density at radius 3 is 2.53 bits per heavy atom. The van der Waals surface area contributed by atoms with Gasteiger partial charge in [0, 0.05) is 58.8 Å². The molecule has 1 aliphatic heterocycles.